The normalized spacial score (nSPS) is 11.0. The SMILES string of the molecule is CCCNC(=O)CNC(=NCc1ccc(C(=O)N(C)C)cc1)NCC. The van der Waals surface area contributed by atoms with E-state index in [9.17, 15) is 9.59 Å². The van der Waals surface area contributed by atoms with Gasteiger partial charge in [-0.15, -0.1) is 0 Å². The van der Waals surface area contributed by atoms with Crippen molar-refractivity contribution in [2.24, 2.45) is 4.99 Å². The van der Waals surface area contributed by atoms with Gasteiger partial charge in [0.2, 0.25) is 5.91 Å². The van der Waals surface area contributed by atoms with Crippen LogP contribution in [0, 0.1) is 0 Å². The highest BCUT2D eigenvalue weighted by atomic mass is 16.2. The fraction of sp³-hybridized carbons (Fsp3) is 0.500. The van der Waals surface area contributed by atoms with E-state index in [0.29, 0.717) is 31.2 Å². The van der Waals surface area contributed by atoms with Crippen LogP contribution in [0.2, 0.25) is 0 Å². The fourth-order valence-corrected chi connectivity index (χ4v) is 2.01. The van der Waals surface area contributed by atoms with Gasteiger partial charge in [0.15, 0.2) is 5.96 Å². The molecule has 0 bridgehead atoms. The van der Waals surface area contributed by atoms with Gasteiger partial charge in [-0.3, -0.25) is 9.59 Å². The van der Waals surface area contributed by atoms with Crippen LogP contribution in [-0.2, 0) is 11.3 Å². The Kier molecular flexibility index (Phi) is 9.06. The molecular weight excluding hydrogens is 318 g/mol. The molecule has 0 unspecified atom stereocenters. The molecule has 3 N–H and O–H groups in total. The standard InChI is InChI=1S/C18H29N5O2/c1-5-11-20-16(24)13-22-18(19-6-2)21-12-14-7-9-15(10-8-14)17(25)23(3)4/h7-10H,5-6,11-13H2,1-4H3,(H,20,24)(H2,19,21,22). The number of guanidine groups is 1. The van der Waals surface area contributed by atoms with Crippen LogP contribution in [0.5, 0.6) is 0 Å². The van der Waals surface area contributed by atoms with Crippen molar-refractivity contribution in [2.45, 2.75) is 26.8 Å². The van der Waals surface area contributed by atoms with Crippen LogP contribution in [-0.4, -0.2) is 56.4 Å². The van der Waals surface area contributed by atoms with E-state index in [0.717, 1.165) is 12.0 Å². The van der Waals surface area contributed by atoms with Gasteiger partial charge in [0.25, 0.3) is 5.91 Å². The predicted octanol–water partition coefficient (Wildman–Crippen LogP) is 0.970. The van der Waals surface area contributed by atoms with Crippen molar-refractivity contribution >= 4 is 17.8 Å². The zero-order valence-electron chi connectivity index (χ0n) is 15.6. The highest BCUT2D eigenvalue weighted by Gasteiger charge is 2.07. The molecule has 0 aliphatic carbocycles. The van der Waals surface area contributed by atoms with Gasteiger partial charge in [0.05, 0.1) is 13.1 Å². The molecule has 0 saturated carbocycles. The van der Waals surface area contributed by atoms with E-state index < -0.39 is 0 Å². The molecule has 7 heteroatoms. The lowest BCUT2D eigenvalue weighted by molar-refractivity contribution is -0.120. The first-order valence-electron chi connectivity index (χ1n) is 8.57. The molecule has 1 rings (SSSR count). The van der Waals surface area contributed by atoms with Crippen LogP contribution in [0.3, 0.4) is 0 Å². The van der Waals surface area contributed by atoms with Gasteiger partial charge in [-0.05, 0) is 31.0 Å². The monoisotopic (exact) mass is 347 g/mol. The van der Waals surface area contributed by atoms with Crippen LogP contribution in [0.1, 0.15) is 36.2 Å². The zero-order chi connectivity index (χ0) is 18.7. The summed E-state index contributed by atoms with van der Waals surface area (Å²) in [7, 11) is 3.46. The third kappa shape index (κ3) is 7.69. The lowest BCUT2D eigenvalue weighted by atomic mass is 10.1. The van der Waals surface area contributed by atoms with E-state index in [2.05, 4.69) is 20.9 Å². The molecular formula is C18H29N5O2. The van der Waals surface area contributed by atoms with Crippen LogP contribution in [0.15, 0.2) is 29.3 Å². The minimum Gasteiger partial charge on any atom is -0.357 e. The Morgan fingerprint density at radius 2 is 1.72 bits per heavy atom. The molecule has 0 radical (unpaired) electrons. The summed E-state index contributed by atoms with van der Waals surface area (Å²) in [5.41, 5.74) is 1.64. The third-order valence-corrected chi connectivity index (χ3v) is 3.36. The molecule has 1 aromatic rings. The van der Waals surface area contributed by atoms with E-state index in [4.69, 9.17) is 0 Å². The maximum atomic E-state index is 11.9. The number of amides is 2. The Labute approximate surface area is 149 Å². The summed E-state index contributed by atoms with van der Waals surface area (Å²) in [5, 5.41) is 8.93. The van der Waals surface area contributed by atoms with Crippen molar-refractivity contribution in [3.05, 3.63) is 35.4 Å². The lowest BCUT2D eigenvalue weighted by Gasteiger charge is -2.12. The Morgan fingerprint density at radius 1 is 1.04 bits per heavy atom. The van der Waals surface area contributed by atoms with Crippen molar-refractivity contribution in [3.8, 4) is 0 Å². The lowest BCUT2D eigenvalue weighted by Crippen LogP contribution is -2.43. The van der Waals surface area contributed by atoms with E-state index in [-0.39, 0.29) is 18.4 Å². The van der Waals surface area contributed by atoms with Crippen LogP contribution in [0.25, 0.3) is 0 Å². The molecule has 0 saturated heterocycles. The summed E-state index contributed by atoms with van der Waals surface area (Å²) in [6, 6.07) is 7.37. The summed E-state index contributed by atoms with van der Waals surface area (Å²) in [4.78, 5) is 29.5. The van der Waals surface area contributed by atoms with Crippen LogP contribution < -0.4 is 16.0 Å². The Balaban J connectivity index is 2.61. The largest absolute Gasteiger partial charge is 0.357 e. The summed E-state index contributed by atoms with van der Waals surface area (Å²) in [6.45, 7) is 6.00. The van der Waals surface area contributed by atoms with Gasteiger partial charge in [0, 0.05) is 32.7 Å². The number of hydrogen-bond donors (Lipinski definition) is 3. The molecule has 0 spiro atoms. The minimum atomic E-state index is -0.0565. The Morgan fingerprint density at radius 3 is 2.28 bits per heavy atom. The van der Waals surface area contributed by atoms with Gasteiger partial charge in [-0.2, -0.15) is 0 Å². The average molecular weight is 347 g/mol. The molecule has 2 amide bonds. The van der Waals surface area contributed by atoms with Crippen molar-refractivity contribution < 1.29 is 9.59 Å². The molecule has 0 fully saturated rings. The average Bonchev–Trinajstić information content (AvgIpc) is 2.62. The maximum Gasteiger partial charge on any atom is 0.253 e. The Hall–Kier alpha value is -2.57. The number of aliphatic imine (C=N–C) groups is 1. The van der Waals surface area contributed by atoms with Gasteiger partial charge in [-0.1, -0.05) is 19.1 Å². The van der Waals surface area contributed by atoms with E-state index in [1.165, 1.54) is 0 Å². The fourth-order valence-electron chi connectivity index (χ4n) is 2.01. The number of carbonyl (C=O) groups excluding carboxylic acids is 2. The second-order valence-electron chi connectivity index (χ2n) is 5.80. The van der Waals surface area contributed by atoms with E-state index in [1.807, 2.05) is 26.0 Å². The number of carbonyl (C=O) groups is 2. The second-order valence-corrected chi connectivity index (χ2v) is 5.80. The summed E-state index contributed by atoms with van der Waals surface area (Å²) < 4.78 is 0. The molecule has 1 aromatic carbocycles. The minimum absolute atomic E-state index is 0.0249. The predicted molar refractivity (Wildman–Crippen MR) is 101 cm³/mol. The van der Waals surface area contributed by atoms with Crippen LogP contribution in [0.4, 0.5) is 0 Å². The molecule has 0 aromatic heterocycles. The highest BCUT2D eigenvalue weighted by molar-refractivity contribution is 5.93. The highest BCUT2D eigenvalue weighted by Crippen LogP contribution is 2.07. The number of benzene rings is 1. The van der Waals surface area contributed by atoms with Gasteiger partial charge in [-0.25, -0.2) is 4.99 Å². The van der Waals surface area contributed by atoms with E-state index >= 15 is 0 Å². The van der Waals surface area contributed by atoms with E-state index in [1.54, 1.807) is 31.1 Å². The molecule has 25 heavy (non-hydrogen) atoms. The molecule has 0 heterocycles. The molecule has 138 valence electrons. The third-order valence-electron chi connectivity index (χ3n) is 3.36. The van der Waals surface area contributed by atoms with Crippen molar-refractivity contribution in [2.75, 3.05) is 33.7 Å². The number of hydrogen-bond acceptors (Lipinski definition) is 3. The molecule has 7 nitrogen and oxygen atoms in total. The number of nitrogens with zero attached hydrogens (tertiary/aromatic N) is 2. The molecule has 0 atom stereocenters. The summed E-state index contributed by atoms with van der Waals surface area (Å²) in [5.74, 6) is 0.504. The zero-order valence-corrected chi connectivity index (χ0v) is 15.6. The van der Waals surface area contributed by atoms with Crippen LogP contribution >= 0.6 is 0 Å². The summed E-state index contributed by atoms with van der Waals surface area (Å²) in [6.07, 6.45) is 0.909. The first kappa shape index (κ1) is 20.5. The van der Waals surface area contributed by atoms with Crippen molar-refractivity contribution in [3.63, 3.8) is 0 Å². The smallest absolute Gasteiger partial charge is 0.253 e. The first-order valence-corrected chi connectivity index (χ1v) is 8.57. The molecule has 0 aliphatic rings. The Bertz CT molecular complexity index is 582. The quantitative estimate of drug-likeness (QED) is 0.483. The van der Waals surface area contributed by atoms with Gasteiger partial charge < -0.3 is 20.9 Å². The van der Waals surface area contributed by atoms with Crippen molar-refractivity contribution in [1.82, 2.24) is 20.9 Å². The molecule has 0 aliphatic heterocycles. The summed E-state index contributed by atoms with van der Waals surface area (Å²) >= 11 is 0. The van der Waals surface area contributed by atoms with Gasteiger partial charge in [0.1, 0.15) is 0 Å². The maximum absolute atomic E-state index is 11.9. The first-order chi connectivity index (χ1) is 12.0. The van der Waals surface area contributed by atoms with Crippen molar-refractivity contribution in [1.29, 1.82) is 0 Å². The van der Waals surface area contributed by atoms with Gasteiger partial charge >= 0.3 is 0 Å². The number of rotatable bonds is 8. The number of nitrogens with one attached hydrogen (secondary N) is 3. The topological polar surface area (TPSA) is 85.8 Å². The second kappa shape index (κ2) is 11.1.